The molecule has 0 bridgehead atoms. The van der Waals surface area contributed by atoms with E-state index in [0.29, 0.717) is 29.9 Å². The van der Waals surface area contributed by atoms with Gasteiger partial charge in [-0.15, -0.1) is 0 Å². The molecular formula is C16H16O5. The molecule has 0 radical (unpaired) electrons. The van der Waals surface area contributed by atoms with E-state index in [2.05, 4.69) is 0 Å². The molecule has 21 heavy (non-hydrogen) atoms. The third kappa shape index (κ3) is 2.44. The molecule has 3 rings (SSSR count). The average molecular weight is 288 g/mol. The van der Waals surface area contributed by atoms with Crippen LogP contribution in [-0.2, 0) is 9.47 Å². The smallest absolute Gasteiger partial charge is 0.190 e. The lowest BCUT2D eigenvalue weighted by Gasteiger charge is -2.29. The van der Waals surface area contributed by atoms with Gasteiger partial charge in [-0.05, 0) is 6.92 Å². The molecule has 0 unspecified atom stereocenters. The summed E-state index contributed by atoms with van der Waals surface area (Å²) in [6, 6.07) is 6.79. The molecule has 0 amide bonds. The molecule has 2 aliphatic rings. The number of carbonyl (C=O) groups excluding carboxylic acids is 2. The number of aliphatic hydroxyl groups is 1. The Kier molecular flexibility index (Phi) is 3.49. The van der Waals surface area contributed by atoms with Gasteiger partial charge in [0.25, 0.3) is 0 Å². The number of Topliss-reactive ketones (excluding diaryl/α,β-unsaturated/α-hetero) is 2. The molecule has 0 saturated carbocycles. The highest BCUT2D eigenvalue weighted by atomic mass is 16.7. The second-order valence-corrected chi connectivity index (χ2v) is 5.38. The van der Waals surface area contributed by atoms with Crippen LogP contribution in [-0.4, -0.2) is 42.8 Å². The first-order chi connectivity index (χ1) is 10.1. The van der Waals surface area contributed by atoms with Crippen molar-refractivity contribution in [3.8, 4) is 0 Å². The minimum absolute atomic E-state index is 0.134. The highest BCUT2D eigenvalue weighted by molar-refractivity contribution is 6.18. The van der Waals surface area contributed by atoms with E-state index in [1.807, 2.05) is 6.08 Å². The summed E-state index contributed by atoms with van der Waals surface area (Å²) < 4.78 is 10.7. The lowest BCUT2D eigenvalue weighted by Crippen LogP contribution is -2.37. The second-order valence-electron chi connectivity index (χ2n) is 5.38. The van der Waals surface area contributed by atoms with Crippen molar-refractivity contribution in [3.63, 3.8) is 0 Å². The molecule has 5 heteroatoms. The maximum atomic E-state index is 12.6. The largest absolute Gasteiger partial charge is 0.391 e. The standard InChI is InChI=1S/C16H16O5/c1-10(18)11-4-2-3-5-12(11)15(19)13-6-16(13)8-20-14(7-17)21-9-16/h2-6,14,17H,7-9H2,1H3. The van der Waals surface area contributed by atoms with Gasteiger partial charge < -0.3 is 14.6 Å². The van der Waals surface area contributed by atoms with Gasteiger partial charge in [-0.2, -0.15) is 0 Å². The Morgan fingerprint density at radius 3 is 2.43 bits per heavy atom. The maximum absolute atomic E-state index is 12.6. The molecule has 1 saturated heterocycles. The van der Waals surface area contributed by atoms with Crippen molar-refractivity contribution in [2.75, 3.05) is 19.8 Å². The zero-order chi connectivity index (χ0) is 15.0. The first-order valence-corrected chi connectivity index (χ1v) is 6.79. The summed E-state index contributed by atoms with van der Waals surface area (Å²) in [6.45, 7) is 1.89. The predicted molar refractivity (Wildman–Crippen MR) is 74.1 cm³/mol. The first-order valence-electron chi connectivity index (χ1n) is 6.79. The lowest BCUT2D eigenvalue weighted by atomic mass is 9.93. The molecule has 1 fully saturated rings. The van der Waals surface area contributed by atoms with Crippen LogP contribution >= 0.6 is 0 Å². The number of hydrogen-bond acceptors (Lipinski definition) is 5. The van der Waals surface area contributed by atoms with Crippen molar-refractivity contribution in [1.82, 2.24) is 0 Å². The van der Waals surface area contributed by atoms with Gasteiger partial charge in [0.1, 0.15) is 0 Å². The zero-order valence-corrected chi connectivity index (χ0v) is 11.7. The molecule has 1 aromatic carbocycles. The van der Waals surface area contributed by atoms with Gasteiger partial charge in [-0.25, -0.2) is 0 Å². The Morgan fingerprint density at radius 1 is 1.24 bits per heavy atom. The van der Waals surface area contributed by atoms with E-state index in [9.17, 15) is 9.59 Å². The predicted octanol–water partition coefficient (Wildman–Crippen LogP) is 1.36. The summed E-state index contributed by atoms with van der Waals surface area (Å²) in [7, 11) is 0. The van der Waals surface area contributed by atoms with Crippen LogP contribution in [0.2, 0.25) is 0 Å². The van der Waals surface area contributed by atoms with Gasteiger partial charge in [0.2, 0.25) is 0 Å². The van der Waals surface area contributed by atoms with Crippen LogP contribution in [0.25, 0.3) is 0 Å². The average Bonchev–Trinajstić information content (AvgIpc) is 3.21. The topological polar surface area (TPSA) is 72.8 Å². The van der Waals surface area contributed by atoms with Gasteiger partial charge >= 0.3 is 0 Å². The number of rotatable bonds is 4. The van der Waals surface area contributed by atoms with Gasteiger partial charge in [0.05, 0.1) is 25.2 Å². The van der Waals surface area contributed by atoms with E-state index in [-0.39, 0.29) is 18.2 Å². The zero-order valence-electron chi connectivity index (χ0n) is 11.7. The maximum Gasteiger partial charge on any atom is 0.190 e. The number of aliphatic hydroxyl groups excluding tert-OH is 1. The van der Waals surface area contributed by atoms with E-state index in [0.717, 1.165) is 0 Å². The SMILES string of the molecule is CC(=O)c1ccccc1C(=O)C1=CC12COC(CO)OC2. The van der Waals surface area contributed by atoms with Crippen molar-refractivity contribution in [3.05, 3.63) is 47.0 Å². The van der Waals surface area contributed by atoms with Crippen molar-refractivity contribution in [2.24, 2.45) is 5.41 Å². The Bertz CT molecular complexity index is 623. The molecule has 1 heterocycles. The first kappa shape index (κ1) is 14.1. The number of ketones is 2. The van der Waals surface area contributed by atoms with E-state index in [1.165, 1.54) is 6.92 Å². The highest BCUT2D eigenvalue weighted by Crippen LogP contribution is 2.48. The fraction of sp³-hybridized carbons (Fsp3) is 0.375. The van der Waals surface area contributed by atoms with Gasteiger partial charge in [0, 0.05) is 16.7 Å². The van der Waals surface area contributed by atoms with Crippen molar-refractivity contribution >= 4 is 11.6 Å². The van der Waals surface area contributed by atoms with E-state index in [1.54, 1.807) is 24.3 Å². The van der Waals surface area contributed by atoms with Crippen LogP contribution in [0, 0.1) is 5.41 Å². The summed E-state index contributed by atoms with van der Waals surface area (Å²) in [5.41, 5.74) is 0.966. The Morgan fingerprint density at radius 2 is 1.86 bits per heavy atom. The van der Waals surface area contributed by atoms with Crippen LogP contribution in [0.5, 0.6) is 0 Å². The molecular weight excluding hydrogens is 272 g/mol. The summed E-state index contributed by atoms with van der Waals surface area (Å²) in [6.07, 6.45) is 1.20. The third-order valence-electron chi connectivity index (χ3n) is 3.87. The fourth-order valence-corrected chi connectivity index (χ4v) is 2.58. The normalized spacial score (nSPS) is 27.3. The fourth-order valence-electron chi connectivity index (χ4n) is 2.58. The molecule has 1 spiro atoms. The van der Waals surface area contributed by atoms with Crippen LogP contribution in [0.3, 0.4) is 0 Å². The van der Waals surface area contributed by atoms with Crippen LogP contribution < -0.4 is 0 Å². The molecule has 0 aromatic heterocycles. The Balaban J connectivity index is 1.77. The lowest BCUT2D eigenvalue weighted by molar-refractivity contribution is -0.216. The molecule has 5 nitrogen and oxygen atoms in total. The number of carbonyl (C=O) groups is 2. The molecule has 1 aliphatic carbocycles. The van der Waals surface area contributed by atoms with Crippen molar-refractivity contribution in [2.45, 2.75) is 13.2 Å². The van der Waals surface area contributed by atoms with Gasteiger partial charge in [-0.3, -0.25) is 9.59 Å². The minimum atomic E-state index is -0.620. The monoisotopic (exact) mass is 288 g/mol. The number of hydrogen-bond donors (Lipinski definition) is 1. The number of benzene rings is 1. The quantitative estimate of drug-likeness (QED) is 0.847. The Hall–Kier alpha value is -1.82. The number of ether oxygens (including phenoxy) is 2. The minimum Gasteiger partial charge on any atom is -0.391 e. The molecule has 1 N–H and O–H groups in total. The second kappa shape index (κ2) is 5.18. The highest BCUT2D eigenvalue weighted by Gasteiger charge is 2.51. The van der Waals surface area contributed by atoms with Crippen molar-refractivity contribution in [1.29, 1.82) is 0 Å². The third-order valence-corrected chi connectivity index (χ3v) is 3.87. The molecule has 0 atom stereocenters. The summed E-state index contributed by atoms with van der Waals surface area (Å²) >= 11 is 0. The van der Waals surface area contributed by atoms with E-state index in [4.69, 9.17) is 14.6 Å². The van der Waals surface area contributed by atoms with Crippen molar-refractivity contribution < 1.29 is 24.2 Å². The summed E-state index contributed by atoms with van der Waals surface area (Å²) in [5.74, 6) is -0.291. The van der Waals surface area contributed by atoms with E-state index >= 15 is 0 Å². The molecule has 110 valence electrons. The van der Waals surface area contributed by atoms with Gasteiger partial charge in [-0.1, -0.05) is 30.3 Å². The van der Waals surface area contributed by atoms with Crippen LogP contribution in [0.15, 0.2) is 35.9 Å². The van der Waals surface area contributed by atoms with Gasteiger partial charge in [0.15, 0.2) is 17.9 Å². The summed E-state index contributed by atoms with van der Waals surface area (Å²) in [5, 5.41) is 8.96. The molecule has 1 aliphatic heterocycles. The van der Waals surface area contributed by atoms with Crippen LogP contribution in [0.1, 0.15) is 27.6 Å². The van der Waals surface area contributed by atoms with Crippen LogP contribution in [0.4, 0.5) is 0 Å². The molecule has 1 aromatic rings. The summed E-state index contributed by atoms with van der Waals surface area (Å²) in [4.78, 5) is 24.2. The Labute approximate surface area is 122 Å². The van der Waals surface area contributed by atoms with E-state index < -0.39 is 11.7 Å².